The first-order valence-electron chi connectivity index (χ1n) is 5.75. The molecule has 0 radical (unpaired) electrons. The molecule has 19 heavy (non-hydrogen) atoms. The van der Waals surface area contributed by atoms with Crippen LogP contribution in [-0.2, 0) is 4.79 Å². The molecule has 0 unspecified atom stereocenters. The third kappa shape index (κ3) is 2.67. The van der Waals surface area contributed by atoms with Gasteiger partial charge in [0, 0.05) is 0 Å². The quantitative estimate of drug-likeness (QED) is 0.815. The van der Waals surface area contributed by atoms with Crippen molar-refractivity contribution in [3.8, 4) is 6.07 Å². The average molecular weight is 318 g/mol. The lowest BCUT2D eigenvalue weighted by atomic mass is 9.63. The van der Waals surface area contributed by atoms with Crippen LogP contribution in [0.1, 0.15) is 19.8 Å². The van der Waals surface area contributed by atoms with Crippen LogP contribution in [0.3, 0.4) is 0 Å². The number of carbonyl (C=O) groups is 1. The molecule has 1 aromatic carbocycles. The number of hydrogen-bond acceptors (Lipinski definition) is 2. The molecule has 1 aromatic rings. The lowest BCUT2D eigenvalue weighted by Crippen LogP contribution is -2.45. The van der Waals surface area contributed by atoms with Gasteiger partial charge in [-0.1, -0.05) is 41.7 Å². The molecule has 0 heterocycles. The van der Waals surface area contributed by atoms with Crippen molar-refractivity contribution in [1.29, 1.82) is 5.26 Å². The number of nitrogens with zero attached hydrogens (tertiary/aromatic N) is 1. The van der Waals surface area contributed by atoms with Crippen LogP contribution in [0.2, 0.25) is 15.1 Å². The molecule has 0 aliphatic heterocycles. The highest BCUT2D eigenvalue weighted by molar-refractivity contribution is 6.44. The first-order valence-corrected chi connectivity index (χ1v) is 6.88. The molecule has 1 N–H and O–H groups in total. The number of benzene rings is 1. The van der Waals surface area contributed by atoms with Gasteiger partial charge in [0.15, 0.2) is 0 Å². The van der Waals surface area contributed by atoms with E-state index in [1.807, 2.05) is 6.92 Å². The summed E-state index contributed by atoms with van der Waals surface area (Å²) in [6.07, 6.45) is 1.13. The third-order valence-electron chi connectivity index (χ3n) is 3.30. The largest absolute Gasteiger partial charge is 0.323 e. The summed E-state index contributed by atoms with van der Waals surface area (Å²) in [5, 5.41) is 12.7. The van der Waals surface area contributed by atoms with E-state index in [9.17, 15) is 10.1 Å². The highest BCUT2D eigenvalue weighted by atomic mass is 35.5. The molecule has 3 nitrogen and oxygen atoms in total. The van der Waals surface area contributed by atoms with Crippen LogP contribution >= 0.6 is 34.8 Å². The topological polar surface area (TPSA) is 52.9 Å². The Bertz CT molecular complexity index is 574. The fourth-order valence-corrected chi connectivity index (χ4v) is 2.91. The molecule has 6 heteroatoms. The molecular weight excluding hydrogens is 307 g/mol. The Morgan fingerprint density at radius 2 is 1.89 bits per heavy atom. The summed E-state index contributed by atoms with van der Waals surface area (Å²) in [5.41, 5.74) is -0.579. The van der Waals surface area contributed by atoms with Crippen molar-refractivity contribution in [1.82, 2.24) is 0 Å². The van der Waals surface area contributed by atoms with Crippen molar-refractivity contribution in [2.24, 2.45) is 11.3 Å². The Kier molecular flexibility index (Phi) is 3.96. The highest BCUT2D eigenvalue weighted by Gasteiger charge is 2.49. The first-order chi connectivity index (χ1) is 8.88. The summed E-state index contributed by atoms with van der Waals surface area (Å²) in [4.78, 5) is 12.2. The van der Waals surface area contributed by atoms with Gasteiger partial charge in [0.05, 0.1) is 26.8 Å². The molecule has 0 saturated heterocycles. The number of nitrogens with one attached hydrogen (secondary N) is 1. The van der Waals surface area contributed by atoms with Gasteiger partial charge in [-0.15, -0.1) is 0 Å². The van der Waals surface area contributed by atoms with Gasteiger partial charge in [-0.2, -0.15) is 5.26 Å². The summed E-state index contributed by atoms with van der Waals surface area (Å²) in [5.74, 6) is 0.0445. The second-order valence-electron chi connectivity index (χ2n) is 4.91. The van der Waals surface area contributed by atoms with Crippen molar-refractivity contribution in [3.05, 3.63) is 27.2 Å². The van der Waals surface area contributed by atoms with Crippen LogP contribution in [0.25, 0.3) is 0 Å². The van der Waals surface area contributed by atoms with E-state index in [1.54, 1.807) is 0 Å². The van der Waals surface area contributed by atoms with Crippen LogP contribution in [-0.4, -0.2) is 5.91 Å². The average Bonchev–Trinajstić information content (AvgIpc) is 2.31. The standard InChI is InChI=1S/C13H11Cl3N2O/c1-7-4-13(5-7,6-17)12(19)18-11-3-9(15)8(14)2-10(11)16/h2-3,7H,4-5H2,1H3,(H,18,19). The van der Waals surface area contributed by atoms with Crippen LogP contribution in [0.5, 0.6) is 0 Å². The molecule has 0 atom stereocenters. The van der Waals surface area contributed by atoms with Gasteiger partial charge in [-0.05, 0) is 30.9 Å². The first kappa shape index (κ1) is 14.5. The molecule has 1 aliphatic carbocycles. The van der Waals surface area contributed by atoms with Crippen molar-refractivity contribution in [2.45, 2.75) is 19.8 Å². The summed E-state index contributed by atoms with van der Waals surface area (Å²) in [7, 11) is 0. The third-order valence-corrected chi connectivity index (χ3v) is 4.34. The lowest BCUT2D eigenvalue weighted by molar-refractivity contribution is -0.128. The van der Waals surface area contributed by atoms with Gasteiger partial charge < -0.3 is 5.32 Å². The summed E-state index contributed by atoms with van der Waals surface area (Å²) in [6.45, 7) is 2.01. The van der Waals surface area contributed by atoms with E-state index >= 15 is 0 Å². The monoisotopic (exact) mass is 316 g/mol. The minimum absolute atomic E-state index is 0.295. The lowest BCUT2D eigenvalue weighted by Gasteiger charge is -2.39. The van der Waals surface area contributed by atoms with Crippen LogP contribution in [0, 0.1) is 22.7 Å². The summed E-state index contributed by atoms with van der Waals surface area (Å²) >= 11 is 17.7. The molecule has 2 rings (SSSR count). The Hall–Kier alpha value is -0.950. The Morgan fingerprint density at radius 1 is 1.32 bits per heavy atom. The fraction of sp³-hybridized carbons (Fsp3) is 0.385. The van der Waals surface area contributed by atoms with Gasteiger partial charge >= 0.3 is 0 Å². The molecule has 1 saturated carbocycles. The van der Waals surface area contributed by atoms with Crippen LogP contribution < -0.4 is 5.32 Å². The van der Waals surface area contributed by atoms with Crippen molar-refractivity contribution in [3.63, 3.8) is 0 Å². The maximum atomic E-state index is 12.2. The predicted octanol–water partition coefficient (Wildman–Crippen LogP) is 4.53. The van der Waals surface area contributed by atoms with E-state index in [4.69, 9.17) is 34.8 Å². The van der Waals surface area contributed by atoms with Crippen molar-refractivity contribution >= 4 is 46.4 Å². The maximum absolute atomic E-state index is 12.2. The van der Waals surface area contributed by atoms with E-state index < -0.39 is 5.41 Å². The molecule has 1 aliphatic rings. The number of amides is 1. The van der Waals surface area contributed by atoms with Gasteiger partial charge in [0.1, 0.15) is 5.41 Å². The van der Waals surface area contributed by atoms with Gasteiger partial charge in [0.2, 0.25) is 5.91 Å². The highest BCUT2D eigenvalue weighted by Crippen LogP contribution is 2.46. The number of anilines is 1. The number of rotatable bonds is 2. The second-order valence-corrected chi connectivity index (χ2v) is 6.13. The maximum Gasteiger partial charge on any atom is 0.244 e. The molecule has 1 amide bonds. The number of carbonyl (C=O) groups excluding carboxylic acids is 1. The molecule has 100 valence electrons. The fourth-order valence-electron chi connectivity index (χ4n) is 2.32. The second kappa shape index (κ2) is 5.20. The number of nitriles is 1. The molecule has 1 fully saturated rings. The van der Waals surface area contributed by atoms with Crippen LogP contribution in [0.15, 0.2) is 12.1 Å². The van der Waals surface area contributed by atoms with E-state index in [-0.39, 0.29) is 5.91 Å². The minimum atomic E-state index is -0.950. The smallest absolute Gasteiger partial charge is 0.244 e. The van der Waals surface area contributed by atoms with E-state index in [0.29, 0.717) is 39.5 Å². The number of halogens is 3. The van der Waals surface area contributed by atoms with Crippen molar-refractivity contribution < 1.29 is 4.79 Å². The Labute approximate surface area is 126 Å². The summed E-state index contributed by atoms with van der Waals surface area (Å²) < 4.78 is 0. The Balaban J connectivity index is 2.20. The molecular formula is C13H11Cl3N2O. The van der Waals surface area contributed by atoms with E-state index in [0.717, 1.165) is 0 Å². The zero-order chi connectivity index (χ0) is 14.2. The molecule has 0 spiro atoms. The van der Waals surface area contributed by atoms with Gasteiger partial charge in [0.25, 0.3) is 0 Å². The van der Waals surface area contributed by atoms with Crippen LogP contribution in [0.4, 0.5) is 5.69 Å². The minimum Gasteiger partial charge on any atom is -0.323 e. The molecule has 0 aromatic heterocycles. The van der Waals surface area contributed by atoms with E-state index in [1.165, 1.54) is 12.1 Å². The van der Waals surface area contributed by atoms with Gasteiger partial charge in [-0.25, -0.2) is 0 Å². The summed E-state index contributed by atoms with van der Waals surface area (Å²) in [6, 6.07) is 5.04. The van der Waals surface area contributed by atoms with E-state index in [2.05, 4.69) is 11.4 Å². The van der Waals surface area contributed by atoms with Crippen molar-refractivity contribution in [2.75, 3.05) is 5.32 Å². The molecule has 0 bridgehead atoms. The zero-order valence-electron chi connectivity index (χ0n) is 10.1. The Morgan fingerprint density at radius 3 is 2.42 bits per heavy atom. The normalized spacial score (nSPS) is 25.3. The van der Waals surface area contributed by atoms with Gasteiger partial charge in [-0.3, -0.25) is 4.79 Å². The number of hydrogen-bond donors (Lipinski definition) is 1. The zero-order valence-corrected chi connectivity index (χ0v) is 12.4. The SMILES string of the molecule is CC1CC(C#N)(C(=O)Nc2cc(Cl)c(Cl)cc2Cl)C1. The predicted molar refractivity (Wildman–Crippen MR) is 76.5 cm³/mol.